The second kappa shape index (κ2) is 6.10. The van der Waals surface area contributed by atoms with Crippen molar-refractivity contribution < 1.29 is 4.74 Å². The number of nitrogens with zero attached hydrogens (tertiary/aromatic N) is 2. The molecule has 0 radical (unpaired) electrons. The van der Waals surface area contributed by atoms with E-state index in [1.165, 1.54) is 25.7 Å². The maximum atomic E-state index is 5.31. The summed E-state index contributed by atoms with van der Waals surface area (Å²) in [5.41, 5.74) is 2.03. The van der Waals surface area contributed by atoms with Gasteiger partial charge in [0.25, 0.3) is 0 Å². The van der Waals surface area contributed by atoms with E-state index in [-0.39, 0.29) is 0 Å². The Kier molecular flexibility index (Phi) is 4.19. The lowest BCUT2D eigenvalue weighted by Crippen LogP contribution is -2.08. The fraction of sp³-hybridized carbons (Fsp3) is 0.438. The first-order valence-electron chi connectivity index (χ1n) is 7.33. The topological polar surface area (TPSA) is 39.1 Å². The zero-order chi connectivity index (χ0) is 14.8. The first-order chi connectivity index (χ1) is 10.2. The molecule has 0 saturated heterocycles. The van der Waals surface area contributed by atoms with Gasteiger partial charge in [-0.1, -0.05) is 28.8 Å². The Labute approximate surface area is 133 Å². The SMILES string of the molecule is COc1cc(Br)cc(Nc2nc(C)cn2C2CCCC2)c1. The van der Waals surface area contributed by atoms with E-state index in [0.29, 0.717) is 6.04 Å². The van der Waals surface area contributed by atoms with Gasteiger partial charge in [0, 0.05) is 28.5 Å². The summed E-state index contributed by atoms with van der Waals surface area (Å²) in [4.78, 5) is 4.63. The summed E-state index contributed by atoms with van der Waals surface area (Å²) in [7, 11) is 1.68. The van der Waals surface area contributed by atoms with Gasteiger partial charge >= 0.3 is 0 Å². The van der Waals surface area contributed by atoms with Gasteiger partial charge in [-0.05, 0) is 31.9 Å². The molecule has 5 heteroatoms. The van der Waals surface area contributed by atoms with E-state index in [0.717, 1.165) is 27.6 Å². The van der Waals surface area contributed by atoms with Crippen LogP contribution >= 0.6 is 15.9 Å². The number of aryl methyl sites for hydroxylation is 1. The van der Waals surface area contributed by atoms with Crippen LogP contribution in [0.5, 0.6) is 5.75 Å². The first-order valence-corrected chi connectivity index (χ1v) is 8.12. The van der Waals surface area contributed by atoms with E-state index in [1.54, 1.807) is 7.11 Å². The standard InChI is InChI=1S/C16H20BrN3O/c1-11-10-20(14-5-3-4-6-14)16(18-11)19-13-7-12(17)8-15(9-13)21-2/h7-10,14H,3-6H2,1-2H3,(H,18,19). The molecule has 0 spiro atoms. The molecule has 0 unspecified atom stereocenters. The lowest BCUT2D eigenvalue weighted by Gasteiger charge is -2.16. The van der Waals surface area contributed by atoms with Crippen molar-refractivity contribution in [3.63, 3.8) is 0 Å². The number of aromatic nitrogens is 2. The van der Waals surface area contributed by atoms with Gasteiger partial charge in [0.2, 0.25) is 5.95 Å². The molecule has 1 saturated carbocycles. The normalized spacial score (nSPS) is 15.4. The van der Waals surface area contributed by atoms with Crippen molar-refractivity contribution in [1.82, 2.24) is 9.55 Å². The molecule has 1 N–H and O–H groups in total. The summed E-state index contributed by atoms with van der Waals surface area (Å²) in [6, 6.07) is 6.53. The van der Waals surface area contributed by atoms with Gasteiger partial charge < -0.3 is 14.6 Å². The monoisotopic (exact) mass is 349 g/mol. The van der Waals surface area contributed by atoms with E-state index in [4.69, 9.17) is 4.74 Å². The number of ether oxygens (including phenoxy) is 1. The third-order valence-electron chi connectivity index (χ3n) is 3.93. The minimum Gasteiger partial charge on any atom is -0.497 e. The second-order valence-electron chi connectivity index (χ2n) is 5.56. The highest BCUT2D eigenvalue weighted by Gasteiger charge is 2.20. The van der Waals surface area contributed by atoms with Crippen molar-refractivity contribution >= 4 is 27.6 Å². The molecule has 112 valence electrons. The molecule has 1 aromatic carbocycles. The molecular weight excluding hydrogens is 330 g/mol. The molecule has 1 aromatic heterocycles. The van der Waals surface area contributed by atoms with Crippen molar-refractivity contribution in [3.05, 3.63) is 34.6 Å². The fourth-order valence-corrected chi connectivity index (χ4v) is 3.42. The van der Waals surface area contributed by atoms with Crippen LogP contribution in [0.4, 0.5) is 11.6 Å². The third-order valence-corrected chi connectivity index (χ3v) is 4.39. The van der Waals surface area contributed by atoms with Crippen LogP contribution in [0.1, 0.15) is 37.4 Å². The highest BCUT2D eigenvalue weighted by atomic mass is 79.9. The van der Waals surface area contributed by atoms with E-state index in [9.17, 15) is 0 Å². The number of rotatable bonds is 4. The van der Waals surface area contributed by atoms with E-state index in [1.807, 2.05) is 25.1 Å². The number of anilines is 2. The lowest BCUT2D eigenvalue weighted by atomic mass is 10.2. The van der Waals surface area contributed by atoms with Gasteiger partial charge in [0.15, 0.2) is 0 Å². The molecule has 0 atom stereocenters. The minimum atomic E-state index is 0.572. The van der Waals surface area contributed by atoms with Gasteiger partial charge in [0.1, 0.15) is 5.75 Å². The first kappa shape index (κ1) is 14.4. The van der Waals surface area contributed by atoms with Gasteiger partial charge in [-0.3, -0.25) is 0 Å². The maximum Gasteiger partial charge on any atom is 0.207 e. The molecule has 1 aliphatic rings. The van der Waals surface area contributed by atoms with Crippen molar-refractivity contribution in [3.8, 4) is 5.75 Å². The zero-order valence-electron chi connectivity index (χ0n) is 12.4. The molecular formula is C16H20BrN3O. The Hall–Kier alpha value is -1.49. The summed E-state index contributed by atoms with van der Waals surface area (Å²) < 4.78 is 8.58. The number of nitrogens with one attached hydrogen (secondary N) is 1. The largest absolute Gasteiger partial charge is 0.497 e. The van der Waals surface area contributed by atoms with Crippen molar-refractivity contribution in [1.29, 1.82) is 0 Å². The van der Waals surface area contributed by atoms with Crippen LogP contribution in [0.25, 0.3) is 0 Å². The maximum absolute atomic E-state index is 5.31. The number of hydrogen-bond donors (Lipinski definition) is 1. The molecule has 4 nitrogen and oxygen atoms in total. The highest BCUT2D eigenvalue weighted by Crippen LogP contribution is 2.33. The van der Waals surface area contributed by atoms with Crippen LogP contribution in [0.2, 0.25) is 0 Å². The van der Waals surface area contributed by atoms with Crippen LogP contribution < -0.4 is 10.1 Å². The molecule has 1 heterocycles. The van der Waals surface area contributed by atoms with Gasteiger partial charge in [-0.15, -0.1) is 0 Å². The van der Waals surface area contributed by atoms with E-state index in [2.05, 4.69) is 37.0 Å². The molecule has 21 heavy (non-hydrogen) atoms. The Balaban J connectivity index is 1.89. The summed E-state index contributed by atoms with van der Waals surface area (Å²) in [5, 5.41) is 3.43. The smallest absolute Gasteiger partial charge is 0.207 e. The van der Waals surface area contributed by atoms with Crippen molar-refractivity contribution in [2.75, 3.05) is 12.4 Å². The third kappa shape index (κ3) is 3.23. The molecule has 0 amide bonds. The zero-order valence-corrected chi connectivity index (χ0v) is 14.0. The Morgan fingerprint density at radius 2 is 2.05 bits per heavy atom. The van der Waals surface area contributed by atoms with E-state index >= 15 is 0 Å². The average molecular weight is 350 g/mol. The Morgan fingerprint density at radius 1 is 1.29 bits per heavy atom. The highest BCUT2D eigenvalue weighted by molar-refractivity contribution is 9.10. The predicted octanol–water partition coefficient (Wildman–Crippen LogP) is 4.82. The number of methoxy groups -OCH3 is 1. The van der Waals surface area contributed by atoms with Gasteiger partial charge in [-0.2, -0.15) is 0 Å². The molecule has 0 bridgehead atoms. The van der Waals surface area contributed by atoms with Crippen LogP contribution in [-0.2, 0) is 0 Å². The predicted molar refractivity (Wildman–Crippen MR) is 88.4 cm³/mol. The van der Waals surface area contributed by atoms with Crippen LogP contribution in [0, 0.1) is 6.92 Å². The van der Waals surface area contributed by atoms with Crippen molar-refractivity contribution in [2.45, 2.75) is 38.6 Å². The second-order valence-corrected chi connectivity index (χ2v) is 6.47. The van der Waals surface area contributed by atoms with E-state index < -0.39 is 0 Å². The minimum absolute atomic E-state index is 0.572. The number of benzene rings is 1. The Bertz CT molecular complexity index is 632. The summed E-state index contributed by atoms with van der Waals surface area (Å²) in [6.07, 6.45) is 7.25. The van der Waals surface area contributed by atoms with Crippen LogP contribution in [-0.4, -0.2) is 16.7 Å². The Morgan fingerprint density at radius 3 is 2.76 bits per heavy atom. The lowest BCUT2D eigenvalue weighted by molar-refractivity contribution is 0.414. The summed E-state index contributed by atoms with van der Waals surface area (Å²) >= 11 is 3.51. The van der Waals surface area contributed by atoms with Crippen LogP contribution in [0.15, 0.2) is 28.9 Å². The molecule has 2 aromatic rings. The van der Waals surface area contributed by atoms with Crippen molar-refractivity contribution in [2.24, 2.45) is 0 Å². The summed E-state index contributed by atoms with van der Waals surface area (Å²) in [6.45, 7) is 2.04. The molecule has 0 aliphatic heterocycles. The fourth-order valence-electron chi connectivity index (χ4n) is 2.95. The number of hydrogen-bond acceptors (Lipinski definition) is 3. The quantitative estimate of drug-likeness (QED) is 0.859. The molecule has 1 aliphatic carbocycles. The number of halogens is 1. The molecule has 1 fully saturated rings. The van der Waals surface area contributed by atoms with Gasteiger partial charge in [0.05, 0.1) is 12.8 Å². The number of imidazole rings is 1. The average Bonchev–Trinajstić information content (AvgIpc) is 3.07. The molecule has 3 rings (SSSR count). The van der Waals surface area contributed by atoms with Gasteiger partial charge in [-0.25, -0.2) is 4.98 Å². The summed E-state index contributed by atoms with van der Waals surface area (Å²) in [5.74, 6) is 1.74. The van der Waals surface area contributed by atoms with Crippen LogP contribution in [0.3, 0.4) is 0 Å².